The molecule has 1 aliphatic heterocycles. The maximum absolute atomic E-state index is 3.62. The molecule has 2 rings (SSSR count). The molecule has 0 spiro atoms. The molecule has 0 aromatic heterocycles. The van der Waals surface area contributed by atoms with Gasteiger partial charge in [-0.2, -0.15) is 0 Å². The number of rotatable bonds is 4. The number of halogens is 1. The van der Waals surface area contributed by atoms with Gasteiger partial charge in [-0.25, -0.2) is 0 Å². The van der Waals surface area contributed by atoms with Crippen molar-refractivity contribution < 1.29 is 0 Å². The van der Waals surface area contributed by atoms with Gasteiger partial charge in [-0.3, -0.25) is 0 Å². The second-order valence-corrected chi connectivity index (χ2v) is 6.80. The van der Waals surface area contributed by atoms with Crippen molar-refractivity contribution in [2.24, 2.45) is 0 Å². The van der Waals surface area contributed by atoms with Gasteiger partial charge >= 0.3 is 0 Å². The van der Waals surface area contributed by atoms with Gasteiger partial charge in [0.05, 0.1) is 0 Å². The molecule has 100 valence electrons. The van der Waals surface area contributed by atoms with E-state index < -0.39 is 0 Å². The zero-order valence-corrected chi connectivity index (χ0v) is 13.1. The van der Waals surface area contributed by atoms with E-state index in [1.54, 1.807) is 0 Å². The molecule has 1 N–H and O–H groups in total. The van der Waals surface area contributed by atoms with Crippen LogP contribution in [0.1, 0.15) is 25.8 Å². The molecule has 1 fully saturated rings. The van der Waals surface area contributed by atoms with Crippen LogP contribution < -0.4 is 5.32 Å². The average molecular weight is 311 g/mol. The Bertz CT molecular complexity index is 403. The third-order valence-corrected chi connectivity index (χ3v) is 4.65. The summed E-state index contributed by atoms with van der Waals surface area (Å²) < 4.78 is 1.23. The quantitative estimate of drug-likeness (QED) is 0.919. The van der Waals surface area contributed by atoms with Gasteiger partial charge in [0.2, 0.25) is 0 Å². The van der Waals surface area contributed by atoms with E-state index in [4.69, 9.17) is 0 Å². The van der Waals surface area contributed by atoms with Crippen LogP contribution >= 0.6 is 15.9 Å². The molecule has 1 atom stereocenters. The maximum atomic E-state index is 3.62. The van der Waals surface area contributed by atoms with E-state index in [1.807, 2.05) is 0 Å². The van der Waals surface area contributed by atoms with Crippen molar-refractivity contribution in [2.75, 3.05) is 20.1 Å². The van der Waals surface area contributed by atoms with Gasteiger partial charge in [0.25, 0.3) is 0 Å². The highest BCUT2D eigenvalue weighted by Gasteiger charge is 2.32. The van der Waals surface area contributed by atoms with Crippen molar-refractivity contribution in [1.29, 1.82) is 0 Å². The summed E-state index contributed by atoms with van der Waals surface area (Å²) in [5.41, 5.74) is 1.70. The van der Waals surface area contributed by atoms with Gasteiger partial charge in [0.15, 0.2) is 0 Å². The maximum Gasteiger partial charge on any atom is 0.0235 e. The highest BCUT2D eigenvalue weighted by molar-refractivity contribution is 9.10. The third-order valence-electron chi connectivity index (χ3n) is 3.88. The topological polar surface area (TPSA) is 15.3 Å². The van der Waals surface area contributed by atoms with Crippen LogP contribution in [0.3, 0.4) is 0 Å². The molecular formula is C15H23BrN2. The van der Waals surface area contributed by atoms with E-state index in [0.29, 0.717) is 11.6 Å². The van der Waals surface area contributed by atoms with Crippen LogP contribution in [0.4, 0.5) is 0 Å². The predicted octanol–water partition coefficient (Wildman–Crippen LogP) is 3.06. The minimum Gasteiger partial charge on any atom is -0.310 e. The number of benzene rings is 1. The van der Waals surface area contributed by atoms with Crippen LogP contribution in [-0.2, 0) is 6.42 Å². The van der Waals surface area contributed by atoms with Crippen molar-refractivity contribution >= 4 is 15.9 Å². The molecule has 1 saturated heterocycles. The van der Waals surface area contributed by atoms with E-state index in [-0.39, 0.29) is 0 Å². The normalized spacial score (nSPS) is 22.6. The van der Waals surface area contributed by atoms with E-state index in [0.717, 1.165) is 19.5 Å². The Morgan fingerprint density at radius 3 is 2.72 bits per heavy atom. The van der Waals surface area contributed by atoms with Gasteiger partial charge in [0.1, 0.15) is 0 Å². The fourth-order valence-corrected chi connectivity index (χ4v) is 3.10. The highest BCUT2D eigenvalue weighted by atomic mass is 79.9. The Hall–Kier alpha value is -0.380. The summed E-state index contributed by atoms with van der Waals surface area (Å²) in [4.78, 5) is 2.49. The van der Waals surface area contributed by atoms with Crippen LogP contribution in [0, 0.1) is 0 Å². The van der Waals surface area contributed by atoms with Crippen molar-refractivity contribution in [3.63, 3.8) is 0 Å². The first kappa shape index (κ1) is 14.0. The summed E-state index contributed by atoms with van der Waals surface area (Å²) in [5.74, 6) is 0. The Morgan fingerprint density at radius 2 is 2.11 bits per heavy atom. The number of hydrogen-bond donors (Lipinski definition) is 1. The van der Waals surface area contributed by atoms with Gasteiger partial charge in [-0.15, -0.1) is 0 Å². The number of likely N-dealkylation sites (N-methyl/N-ethyl adjacent to an activating group) is 1. The number of hydrogen-bond acceptors (Lipinski definition) is 2. The number of nitrogens with one attached hydrogen (secondary N) is 1. The van der Waals surface area contributed by atoms with Crippen molar-refractivity contribution in [2.45, 2.75) is 38.3 Å². The van der Waals surface area contributed by atoms with Crippen molar-refractivity contribution in [3.05, 3.63) is 34.3 Å². The molecule has 2 nitrogen and oxygen atoms in total. The molecule has 1 aliphatic rings. The van der Waals surface area contributed by atoms with Gasteiger partial charge in [-0.1, -0.05) is 34.1 Å². The van der Waals surface area contributed by atoms with Crippen LogP contribution in [-0.4, -0.2) is 36.6 Å². The first-order valence-corrected chi connectivity index (χ1v) is 7.46. The van der Waals surface area contributed by atoms with Gasteiger partial charge < -0.3 is 10.2 Å². The summed E-state index contributed by atoms with van der Waals surface area (Å²) in [6.45, 7) is 6.80. The van der Waals surface area contributed by atoms with E-state index in [1.165, 1.54) is 16.5 Å². The molecule has 0 radical (unpaired) electrons. The lowest BCUT2D eigenvalue weighted by atomic mass is 10.0. The molecule has 1 aromatic rings. The SMILES string of the molecule is CN(CCc1ccccc1Br)C1CNC(C)(C)C1. The summed E-state index contributed by atoms with van der Waals surface area (Å²) in [6.07, 6.45) is 2.34. The van der Waals surface area contributed by atoms with Crippen molar-refractivity contribution in [1.82, 2.24) is 10.2 Å². The first-order valence-electron chi connectivity index (χ1n) is 6.67. The largest absolute Gasteiger partial charge is 0.310 e. The Morgan fingerprint density at radius 1 is 1.39 bits per heavy atom. The fraction of sp³-hybridized carbons (Fsp3) is 0.600. The molecule has 0 saturated carbocycles. The molecule has 1 unspecified atom stereocenters. The highest BCUT2D eigenvalue weighted by Crippen LogP contribution is 2.22. The summed E-state index contributed by atoms with van der Waals surface area (Å²) in [7, 11) is 2.24. The van der Waals surface area contributed by atoms with Crippen LogP contribution in [0.5, 0.6) is 0 Å². The Kier molecular flexibility index (Phi) is 4.46. The lowest BCUT2D eigenvalue weighted by molar-refractivity contribution is 0.251. The zero-order chi connectivity index (χ0) is 13.2. The molecular weight excluding hydrogens is 288 g/mol. The fourth-order valence-electron chi connectivity index (χ4n) is 2.62. The minimum atomic E-state index is 0.298. The molecule has 0 bridgehead atoms. The smallest absolute Gasteiger partial charge is 0.0235 e. The molecule has 0 aliphatic carbocycles. The molecule has 3 heteroatoms. The molecule has 1 heterocycles. The number of nitrogens with zero attached hydrogens (tertiary/aromatic N) is 1. The van der Waals surface area contributed by atoms with E-state index in [2.05, 4.69) is 71.3 Å². The summed E-state index contributed by atoms with van der Waals surface area (Å²) in [6, 6.07) is 9.17. The standard InChI is InChI=1S/C15H23BrN2/c1-15(2)10-13(11-17-15)18(3)9-8-12-6-4-5-7-14(12)16/h4-7,13,17H,8-11H2,1-3H3. The minimum absolute atomic E-state index is 0.298. The second kappa shape index (κ2) is 5.72. The average Bonchev–Trinajstić information content (AvgIpc) is 2.68. The molecule has 18 heavy (non-hydrogen) atoms. The predicted molar refractivity (Wildman–Crippen MR) is 81.0 cm³/mol. The molecule has 1 aromatic carbocycles. The lowest BCUT2D eigenvalue weighted by Crippen LogP contribution is -2.34. The second-order valence-electron chi connectivity index (χ2n) is 5.94. The van der Waals surface area contributed by atoms with Crippen LogP contribution in [0.25, 0.3) is 0 Å². The first-order chi connectivity index (χ1) is 8.48. The van der Waals surface area contributed by atoms with E-state index in [9.17, 15) is 0 Å². The monoisotopic (exact) mass is 310 g/mol. The lowest BCUT2D eigenvalue weighted by Gasteiger charge is -2.25. The Balaban J connectivity index is 1.86. The molecule has 0 amide bonds. The van der Waals surface area contributed by atoms with Crippen LogP contribution in [0.15, 0.2) is 28.7 Å². The van der Waals surface area contributed by atoms with E-state index >= 15 is 0 Å². The third kappa shape index (κ3) is 3.56. The zero-order valence-electron chi connectivity index (χ0n) is 11.5. The van der Waals surface area contributed by atoms with Crippen LogP contribution in [0.2, 0.25) is 0 Å². The Labute approximate surface area is 119 Å². The van der Waals surface area contributed by atoms with Crippen molar-refractivity contribution in [3.8, 4) is 0 Å². The summed E-state index contributed by atoms with van der Waals surface area (Å²) >= 11 is 3.62. The summed E-state index contributed by atoms with van der Waals surface area (Å²) in [5, 5.41) is 3.59. The van der Waals surface area contributed by atoms with Gasteiger partial charge in [-0.05, 0) is 45.4 Å². The van der Waals surface area contributed by atoms with Gasteiger partial charge in [0, 0.05) is 29.1 Å².